The van der Waals surface area contributed by atoms with E-state index in [1.54, 1.807) is 0 Å². The molecular formula is C25H36N6O2. The number of aromatic nitrogens is 5. The van der Waals surface area contributed by atoms with E-state index in [0.29, 0.717) is 25.6 Å². The molecule has 0 radical (unpaired) electrons. The van der Waals surface area contributed by atoms with Gasteiger partial charge in [-0.05, 0) is 73.2 Å². The summed E-state index contributed by atoms with van der Waals surface area (Å²) in [5.41, 5.74) is 3.83. The minimum atomic E-state index is -0.0628. The van der Waals surface area contributed by atoms with E-state index in [2.05, 4.69) is 45.3 Å². The Bertz CT molecular complexity index is 1130. The number of hydrogen-bond donors (Lipinski definition) is 2. The topological polar surface area (TPSA) is 99.9 Å². The van der Waals surface area contributed by atoms with Crippen LogP contribution < -0.4 is 5.56 Å². The zero-order valence-electron chi connectivity index (χ0n) is 20.0. The van der Waals surface area contributed by atoms with Crippen molar-refractivity contribution in [2.45, 2.75) is 84.3 Å². The SMILES string of the molecule is CCCC(c1nnnn1C1CCCC1)N(CCCO)Cc1cc2c(C)cc(C)cc2[nH]c1=O. The van der Waals surface area contributed by atoms with Crippen molar-refractivity contribution in [1.29, 1.82) is 0 Å². The van der Waals surface area contributed by atoms with Gasteiger partial charge < -0.3 is 10.1 Å². The first-order valence-corrected chi connectivity index (χ1v) is 12.3. The number of benzene rings is 1. The lowest BCUT2D eigenvalue weighted by Crippen LogP contribution is -2.34. The predicted molar refractivity (Wildman–Crippen MR) is 129 cm³/mol. The highest BCUT2D eigenvalue weighted by Crippen LogP contribution is 2.33. The molecule has 1 atom stereocenters. The van der Waals surface area contributed by atoms with Crippen LogP contribution in [-0.2, 0) is 6.54 Å². The highest BCUT2D eigenvalue weighted by Gasteiger charge is 2.30. The van der Waals surface area contributed by atoms with Gasteiger partial charge in [-0.2, -0.15) is 0 Å². The number of aromatic amines is 1. The van der Waals surface area contributed by atoms with Crippen LogP contribution in [0.3, 0.4) is 0 Å². The van der Waals surface area contributed by atoms with Crippen LogP contribution in [-0.4, -0.2) is 48.3 Å². The number of H-pyrrole nitrogens is 1. The molecule has 33 heavy (non-hydrogen) atoms. The average Bonchev–Trinajstić information content (AvgIpc) is 3.47. The van der Waals surface area contributed by atoms with Gasteiger partial charge in [-0.3, -0.25) is 9.69 Å². The molecule has 8 nitrogen and oxygen atoms in total. The summed E-state index contributed by atoms with van der Waals surface area (Å²) in [6.45, 7) is 7.55. The molecule has 0 saturated heterocycles. The van der Waals surface area contributed by atoms with E-state index in [1.165, 1.54) is 12.8 Å². The van der Waals surface area contributed by atoms with Crippen LogP contribution in [0.5, 0.6) is 0 Å². The molecule has 0 aliphatic heterocycles. The van der Waals surface area contributed by atoms with E-state index < -0.39 is 0 Å². The molecule has 0 bridgehead atoms. The van der Waals surface area contributed by atoms with Crippen LogP contribution in [0.2, 0.25) is 0 Å². The highest BCUT2D eigenvalue weighted by atomic mass is 16.3. The van der Waals surface area contributed by atoms with E-state index in [9.17, 15) is 9.90 Å². The van der Waals surface area contributed by atoms with Gasteiger partial charge in [-0.25, -0.2) is 4.68 Å². The first kappa shape index (κ1) is 23.6. The first-order valence-electron chi connectivity index (χ1n) is 12.3. The number of nitrogens with one attached hydrogen (secondary N) is 1. The van der Waals surface area contributed by atoms with E-state index >= 15 is 0 Å². The molecule has 0 amide bonds. The van der Waals surface area contributed by atoms with E-state index in [0.717, 1.165) is 59.1 Å². The third-order valence-electron chi connectivity index (χ3n) is 6.86. The highest BCUT2D eigenvalue weighted by molar-refractivity contribution is 5.83. The predicted octanol–water partition coefficient (Wildman–Crippen LogP) is 3.97. The number of aliphatic hydroxyl groups is 1. The van der Waals surface area contributed by atoms with Gasteiger partial charge in [0.25, 0.3) is 5.56 Å². The molecule has 2 N–H and O–H groups in total. The van der Waals surface area contributed by atoms with Gasteiger partial charge in [0.05, 0.1) is 12.1 Å². The summed E-state index contributed by atoms with van der Waals surface area (Å²) in [6.07, 6.45) is 7.14. The van der Waals surface area contributed by atoms with Crippen LogP contribution in [0, 0.1) is 13.8 Å². The summed E-state index contributed by atoms with van der Waals surface area (Å²) >= 11 is 0. The van der Waals surface area contributed by atoms with Crippen LogP contribution in [0.15, 0.2) is 23.0 Å². The van der Waals surface area contributed by atoms with Crippen molar-refractivity contribution in [3.8, 4) is 0 Å². The first-order chi connectivity index (χ1) is 16.0. The fourth-order valence-electron chi connectivity index (χ4n) is 5.25. The summed E-state index contributed by atoms with van der Waals surface area (Å²) in [7, 11) is 0. The van der Waals surface area contributed by atoms with Gasteiger partial charge >= 0.3 is 0 Å². The number of hydrogen-bond acceptors (Lipinski definition) is 6. The van der Waals surface area contributed by atoms with E-state index in [4.69, 9.17) is 0 Å². The number of fused-ring (bicyclic) bond motifs is 1. The lowest BCUT2D eigenvalue weighted by Gasteiger charge is -2.31. The summed E-state index contributed by atoms with van der Waals surface area (Å²) in [5, 5.41) is 23.5. The van der Waals surface area contributed by atoms with Gasteiger partial charge in [-0.15, -0.1) is 5.10 Å². The molecule has 1 fully saturated rings. The second-order valence-electron chi connectivity index (χ2n) is 9.44. The molecule has 1 aromatic carbocycles. The monoisotopic (exact) mass is 452 g/mol. The second kappa shape index (κ2) is 10.6. The third-order valence-corrected chi connectivity index (χ3v) is 6.86. The Morgan fingerprint density at radius 3 is 2.76 bits per heavy atom. The molecule has 1 aliphatic carbocycles. The molecule has 1 saturated carbocycles. The lowest BCUT2D eigenvalue weighted by atomic mass is 10.0. The molecular weight excluding hydrogens is 416 g/mol. The maximum atomic E-state index is 13.0. The summed E-state index contributed by atoms with van der Waals surface area (Å²) in [4.78, 5) is 18.4. The van der Waals surface area contributed by atoms with Gasteiger partial charge in [0.2, 0.25) is 0 Å². The Morgan fingerprint density at radius 1 is 1.24 bits per heavy atom. The quantitative estimate of drug-likeness (QED) is 0.483. The molecule has 178 valence electrons. The van der Waals surface area contributed by atoms with Crippen molar-refractivity contribution >= 4 is 10.9 Å². The number of tetrazole rings is 1. The van der Waals surface area contributed by atoms with Crippen molar-refractivity contribution < 1.29 is 5.11 Å². The average molecular weight is 453 g/mol. The molecule has 2 aromatic heterocycles. The zero-order chi connectivity index (χ0) is 23.4. The molecule has 4 rings (SSSR count). The second-order valence-corrected chi connectivity index (χ2v) is 9.44. The third kappa shape index (κ3) is 5.17. The summed E-state index contributed by atoms with van der Waals surface area (Å²) in [6, 6.07) is 6.53. The van der Waals surface area contributed by atoms with Crippen molar-refractivity contribution in [2.24, 2.45) is 0 Å². The molecule has 1 aliphatic rings. The molecule has 1 unspecified atom stereocenters. The smallest absolute Gasteiger partial charge is 0.252 e. The van der Waals surface area contributed by atoms with Gasteiger partial charge in [0, 0.05) is 36.2 Å². The van der Waals surface area contributed by atoms with Crippen LogP contribution >= 0.6 is 0 Å². The fraction of sp³-hybridized carbons (Fsp3) is 0.600. The van der Waals surface area contributed by atoms with Crippen molar-refractivity contribution in [3.05, 3.63) is 51.1 Å². The molecule has 3 aromatic rings. The fourth-order valence-corrected chi connectivity index (χ4v) is 5.25. The van der Waals surface area contributed by atoms with Crippen molar-refractivity contribution in [1.82, 2.24) is 30.1 Å². The lowest BCUT2D eigenvalue weighted by molar-refractivity contribution is 0.145. The van der Waals surface area contributed by atoms with Crippen LogP contribution in [0.4, 0.5) is 0 Å². The summed E-state index contributed by atoms with van der Waals surface area (Å²) in [5.74, 6) is 0.880. The summed E-state index contributed by atoms with van der Waals surface area (Å²) < 4.78 is 2.02. The molecule has 8 heteroatoms. The molecule has 2 heterocycles. The normalized spacial score (nSPS) is 15.7. The Kier molecular flexibility index (Phi) is 7.55. The maximum absolute atomic E-state index is 13.0. The minimum Gasteiger partial charge on any atom is -0.396 e. The Morgan fingerprint density at radius 2 is 2.03 bits per heavy atom. The maximum Gasteiger partial charge on any atom is 0.252 e. The number of pyridine rings is 1. The molecule has 0 spiro atoms. The van der Waals surface area contributed by atoms with Crippen LogP contribution in [0.1, 0.15) is 86.5 Å². The standard InChI is InChI=1S/C25H36N6O2/c1-4-8-23(24-27-28-29-31(24)20-9-5-6-10-20)30(11-7-12-32)16-19-15-21-18(3)13-17(2)14-22(21)26-25(19)33/h13-15,20,23,32H,4-12,16H2,1-3H3,(H,26,33). The number of rotatable bonds is 10. The number of aliphatic hydroxyl groups excluding tert-OH is 1. The van der Waals surface area contributed by atoms with Gasteiger partial charge in [-0.1, -0.05) is 32.3 Å². The van der Waals surface area contributed by atoms with Crippen LogP contribution in [0.25, 0.3) is 10.9 Å². The minimum absolute atomic E-state index is 0.00800. The van der Waals surface area contributed by atoms with Gasteiger partial charge in [0.15, 0.2) is 5.82 Å². The zero-order valence-corrected chi connectivity index (χ0v) is 20.0. The van der Waals surface area contributed by atoms with E-state index in [-0.39, 0.29) is 18.2 Å². The largest absolute Gasteiger partial charge is 0.396 e. The van der Waals surface area contributed by atoms with E-state index in [1.807, 2.05) is 23.7 Å². The van der Waals surface area contributed by atoms with Crippen molar-refractivity contribution in [2.75, 3.05) is 13.2 Å². The Balaban J connectivity index is 1.70. The Labute approximate surface area is 195 Å². The van der Waals surface area contributed by atoms with Gasteiger partial charge in [0.1, 0.15) is 0 Å². The number of aryl methyl sites for hydroxylation is 2. The van der Waals surface area contributed by atoms with Crippen molar-refractivity contribution in [3.63, 3.8) is 0 Å². The number of nitrogens with zero attached hydrogens (tertiary/aromatic N) is 5. The Hall–Kier alpha value is -2.58.